The maximum absolute atomic E-state index is 13.3. The molecule has 21 heavy (non-hydrogen) atoms. The van der Waals surface area contributed by atoms with E-state index in [1.807, 2.05) is 18.2 Å². The summed E-state index contributed by atoms with van der Waals surface area (Å²) in [4.78, 5) is 0. The Morgan fingerprint density at radius 2 is 2.10 bits per heavy atom. The van der Waals surface area contributed by atoms with Crippen LogP contribution in [-0.2, 0) is 6.42 Å². The molecule has 0 saturated heterocycles. The topological polar surface area (TPSA) is 35.2 Å². The Kier molecular flexibility index (Phi) is 4.27. The number of hydrogen-bond donors (Lipinski definition) is 1. The summed E-state index contributed by atoms with van der Waals surface area (Å²) in [5.41, 5.74) is 8.64. The molecule has 0 aromatic heterocycles. The van der Waals surface area contributed by atoms with Gasteiger partial charge in [-0.1, -0.05) is 24.3 Å². The molecule has 4 heteroatoms. The molecule has 2 atom stereocenters. The van der Waals surface area contributed by atoms with Crippen molar-refractivity contribution in [2.75, 3.05) is 6.61 Å². The standard InChI is InChI=1S/C17H17BrFNO/c18-14-9-11(5-6-15(14)19)10-16(20)12-7-8-21-17-4-2-1-3-13(12)17/h1-6,9,12,16H,7-8,10,20H2. The molecule has 0 bridgehead atoms. The van der Waals surface area contributed by atoms with Crippen LogP contribution >= 0.6 is 15.9 Å². The first-order valence-electron chi connectivity index (χ1n) is 7.06. The number of benzene rings is 2. The van der Waals surface area contributed by atoms with E-state index in [-0.39, 0.29) is 17.8 Å². The highest BCUT2D eigenvalue weighted by Crippen LogP contribution is 2.35. The summed E-state index contributed by atoms with van der Waals surface area (Å²) in [7, 11) is 0. The molecule has 0 amide bonds. The zero-order chi connectivity index (χ0) is 14.8. The SMILES string of the molecule is NC(Cc1ccc(F)c(Br)c1)C1CCOc2ccccc21. The lowest BCUT2D eigenvalue weighted by atomic mass is 9.84. The van der Waals surface area contributed by atoms with Gasteiger partial charge in [0.2, 0.25) is 0 Å². The number of para-hydroxylation sites is 1. The van der Waals surface area contributed by atoms with Crippen molar-refractivity contribution in [3.63, 3.8) is 0 Å². The van der Waals surface area contributed by atoms with E-state index in [2.05, 4.69) is 22.0 Å². The molecule has 0 radical (unpaired) electrons. The van der Waals surface area contributed by atoms with E-state index >= 15 is 0 Å². The van der Waals surface area contributed by atoms with Crippen molar-refractivity contribution in [1.82, 2.24) is 0 Å². The lowest BCUT2D eigenvalue weighted by Crippen LogP contribution is -2.34. The molecule has 2 aromatic rings. The Hall–Kier alpha value is -1.39. The summed E-state index contributed by atoms with van der Waals surface area (Å²) in [5, 5.41) is 0. The molecule has 0 spiro atoms. The largest absolute Gasteiger partial charge is 0.493 e. The maximum Gasteiger partial charge on any atom is 0.137 e. The zero-order valence-electron chi connectivity index (χ0n) is 11.6. The molecule has 110 valence electrons. The van der Waals surface area contributed by atoms with Crippen molar-refractivity contribution in [3.05, 3.63) is 63.9 Å². The lowest BCUT2D eigenvalue weighted by Gasteiger charge is -2.30. The van der Waals surface area contributed by atoms with Crippen LogP contribution in [0.25, 0.3) is 0 Å². The maximum atomic E-state index is 13.3. The smallest absolute Gasteiger partial charge is 0.137 e. The van der Waals surface area contributed by atoms with Gasteiger partial charge in [0.05, 0.1) is 11.1 Å². The number of nitrogens with two attached hydrogens (primary N) is 1. The molecular formula is C17H17BrFNO. The van der Waals surface area contributed by atoms with Crippen LogP contribution in [-0.4, -0.2) is 12.6 Å². The predicted octanol–water partition coefficient (Wildman–Crippen LogP) is 4.02. The Bertz CT molecular complexity index is 646. The molecule has 2 unspecified atom stereocenters. The molecule has 1 heterocycles. The first-order chi connectivity index (χ1) is 10.1. The highest BCUT2D eigenvalue weighted by atomic mass is 79.9. The third-order valence-corrected chi connectivity index (χ3v) is 4.58. The van der Waals surface area contributed by atoms with Crippen molar-refractivity contribution >= 4 is 15.9 Å². The van der Waals surface area contributed by atoms with Crippen molar-refractivity contribution < 1.29 is 9.13 Å². The van der Waals surface area contributed by atoms with E-state index < -0.39 is 0 Å². The van der Waals surface area contributed by atoms with Crippen LogP contribution in [0, 0.1) is 5.82 Å². The normalized spacial score (nSPS) is 18.7. The van der Waals surface area contributed by atoms with Gasteiger partial charge < -0.3 is 10.5 Å². The highest BCUT2D eigenvalue weighted by molar-refractivity contribution is 9.10. The van der Waals surface area contributed by atoms with Crippen molar-refractivity contribution in [2.24, 2.45) is 5.73 Å². The molecule has 2 aromatic carbocycles. The number of hydrogen-bond acceptors (Lipinski definition) is 2. The van der Waals surface area contributed by atoms with Crippen LogP contribution in [0.1, 0.15) is 23.5 Å². The van der Waals surface area contributed by atoms with Gasteiger partial charge in [-0.3, -0.25) is 0 Å². The number of fused-ring (bicyclic) bond motifs is 1. The fraction of sp³-hybridized carbons (Fsp3) is 0.294. The zero-order valence-corrected chi connectivity index (χ0v) is 13.1. The highest BCUT2D eigenvalue weighted by Gasteiger charge is 2.26. The fourth-order valence-corrected chi connectivity index (χ4v) is 3.32. The Morgan fingerprint density at radius 1 is 1.29 bits per heavy atom. The number of rotatable bonds is 3. The quantitative estimate of drug-likeness (QED) is 0.907. The van der Waals surface area contributed by atoms with Gasteiger partial charge in [-0.2, -0.15) is 0 Å². The second-order valence-corrected chi connectivity index (χ2v) is 6.25. The van der Waals surface area contributed by atoms with Gasteiger partial charge in [0.1, 0.15) is 11.6 Å². The predicted molar refractivity (Wildman–Crippen MR) is 85.1 cm³/mol. The number of ether oxygens (including phenoxy) is 1. The van der Waals surface area contributed by atoms with E-state index in [0.29, 0.717) is 11.1 Å². The first kappa shape index (κ1) is 14.5. The van der Waals surface area contributed by atoms with Crippen LogP contribution in [0.15, 0.2) is 46.9 Å². The Morgan fingerprint density at radius 3 is 2.90 bits per heavy atom. The molecule has 1 aliphatic heterocycles. The molecule has 0 saturated carbocycles. The van der Waals surface area contributed by atoms with Gasteiger partial charge in [0, 0.05) is 12.0 Å². The van der Waals surface area contributed by atoms with Crippen LogP contribution < -0.4 is 10.5 Å². The van der Waals surface area contributed by atoms with Crippen LogP contribution in [0.3, 0.4) is 0 Å². The van der Waals surface area contributed by atoms with Crippen LogP contribution in [0.2, 0.25) is 0 Å². The second kappa shape index (κ2) is 6.16. The van der Waals surface area contributed by atoms with Gasteiger partial charge in [-0.05, 0) is 58.1 Å². The van der Waals surface area contributed by atoms with E-state index in [1.54, 1.807) is 12.1 Å². The molecule has 1 aliphatic rings. The van der Waals surface area contributed by atoms with Gasteiger partial charge in [0.15, 0.2) is 0 Å². The fourth-order valence-electron chi connectivity index (χ4n) is 2.90. The monoisotopic (exact) mass is 349 g/mol. The average Bonchev–Trinajstić information content (AvgIpc) is 2.50. The van der Waals surface area contributed by atoms with Crippen LogP contribution in [0.5, 0.6) is 5.75 Å². The van der Waals surface area contributed by atoms with Crippen molar-refractivity contribution in [2.45, 2.75) is 24.8 Å². The summed E-state index contributed by atoms with van der Waals surface area (Å²) in [5.74, 6) is 0.965. The van der Waals surface area contributed by atoms with Gasteiger partial charge in [-0.25, -0.2) is 4.39 Å². The summed E-state index contributed by atoms with van der Waals surface area (Å²) >= 11 is 3.22. The van der Waals surface area contributed by atoms with E-state index in [9.17, 15) is 4.39 Å². The summed E-state index contributed by atoms with van der Waals surface area (Å²) < 4.78 is 19.5. The van der Waals surface area contributed by atoms with Gasteiger partial charge in [-0.15, -0.1) is 0 Å². The van der Waals surface area contributed by atoms with Crippen LogP contribution in [0.4, 0.5) is 4.39 Å². The third-order valence-electron chi connectivity index (χ3n) is 3.98. The van der Waals surface area contributed by atoms with E-state index in [0.717, 1.165) is 24.2 Å². The van der Waals surface area contributed by atoms with Gasteiger partial charge in [0.25, 0.3) is 0 Å². The third kappa shape index (κ3) is 3.11. The summed E-state index contributed by atoms with van der Waals surface area (Å²) in [6, 6.07) is 13.1. The summed E-state index contributed by atoms with van der Waals surface area (Å²) in [6.45, 7) is 0.697. The minimum Gasteiger partial charge on any atom is -0.493 e. The minimum absolute atomic E-state index is 0.00703. The van der Waals surface area contributed by atoms with Crippen molar-refractivity contribution in [3.8, 4) is 5.75 Å². The summed E-state index contributed by atoms with van der Waals surface area (Å²) in [6.07, 6.45) is 1.64. The molecule has 3 rings (SSSR count). The second-order valence-electron chi connectivity index (χ2n) is 5.40. The van der Waals surface area contributed by atoms with E-state index in [1.165, 1.54) is 11.6 Å². The molecule has 0 aliphatic carbocycles. The average molecular weight is 350 g/mol. The Labute approximate surface area is 132 Å². The lowest BCUT2D eigenvalue weighted by molar-refractivity contribution is 0.254. The minimum atomic E-state index is -0.247. The van der Waals surface area contributed by atoms with Crippen molar-refractivity contribution in [1.29, 1.82) is 0 Å². The van der Waals surface area contributed by atoms with E-state index in [4.69, 9.17) is 10.5 Å². The first-order valence-corrected chi connectivity index (χ1v) is 7.85. The number of halogens is 2. The molecule has 2 nitrogen and oxygen atoms in total. The molecular weight excluding hydrogens is 333 g/mol. The molecule has 0 fully saturated rings. The van der Waals surface area contributed by atoms with Gasteiger partial charge >= 0.3 is 0 Å². The Balaban J connectivity index is 1.80. The molecule has 2 N–H and O–H groups in total.